The first-order valence-corrected chi connectivity index (χ1v) is 9.70. The SMILES string of the molecule is CO/N=C(/c1ccccc1)c1cccc(COc2ccc(C(C#N)CC(=O)O)cc2)c1. The molecule has 0 spiro atoms. The van der Waals surface area contributed by atoms with E-state index in [9.17, 15) is 10.1 Å². The van der Waals surface area contributed by atoms with E-state index >= 15 is 0 Å². The summed E-state index contributed by atoms with van der Waals surface area (Å²) in [7, 11) is 1.52. The van der Waals surface area contributed by atoms with E-state index in [2.05, 4.69) is 5.16 Å². The first kappa shape index (κ1) is 21.6. The van der Waals surface area contributed by atoms with Crippen LogP contribution in [0.5, 0.6) is 5.75 Å². The Balaban J connectivity index is 1.71. The minimum absolute atomic E-state index is 0.226. The van der Waals surface area contributed by atoms with E-state index in [-0.39, 0.29) is 6.42 Å². The van der Waals surface area contributed by atoms with Gasteiger partial charge in [0.1, 0.15) is 25.2 Å². The predicted molar refractivity (Wildman–Crippen MR) is 117 cm³/mol. The average molecular weight is 414 g/mol. The van der Waals surface area contributed by atoms with Gasteiger partial charge in [0.15, 0.2) is 0 Å². The first-order valence-electron chi connectivity index (χ1n) is 9.70. The fourth-order valence-corrected chi connectivity index (χ4v) is 3.14. The van der Waals surface area contributed by atoms with Crippen LogP contribution in [0, 0.1) is 11.3 Å². The lowest BCUT2D eigenvalue weighted by atomic mass is 9.97. The Morgan fingerprint density at radius 2 is 1.74 bits per heavy atom. The second kappa shape index (κ2) is 10.6. The van der Waals surface area contributed by atoms with Gasteiger partial charge in [0, 0.05) is 11.1 Å². The number of carbonyl (C=O) groups is 1. The number of rotatable bonds is 9. The fourth-order valence-electron chi connectivity index (χ4n) is 3.14. The molecule has 3 rings (SSSR count). The van der Waals surface area contributed by atoms with Crippen molar-refractivity contribution in [1.82, 2.24) is 0 Å². The maximum atomic E-state index is 10.9. The number of hydrogen-bond acceptors (Lipinski definition) is 5. The summed E-state index contributed by atoms with van der Waals surface area (Å²) in [5.74, 6) is -1.05. The molecule has 31 heavy (non-hydrogen) atoms. The van der Waals surface area contributed by atoms with E-state index in [4.69, 9.17) is 14.7 Å². The van der Waals surface area contributed by atoms with Gasteiger partial charge in [0.05, 0.1) is 18.4 Å². The third kappa shape index (κ3) is 5.94. The summed E-state index contributed by atoms with van der Waals surface area (Å²) in [5, 5.41) is 22.3. The van der Waals surface area contributed by atoms with Crippen molar-refractivity contribution < 1.29 is 19.5 Å². The van der Waals surface area contributed by atoms with Crippen LogP contribution in [0.1, 0.15) is 34.6 Å². The van der Waals surface area contributed by atoms with E-state index in [0.29, 0.717) is 17.9 Å². The molecule has 0 aliphatic rings. The van der Waals surface area contributed by atoms with Crippen LogP contribution in [0.4, 0.5) is 0 Å². The molecule has 6 nitrogen and oxygen atoms in total. The standard InChI is InChI=1S/C25H22N2O4/c1-30-27-25(20-7-3-2-4-8-20)21-9-5-6-18(14-21)17-31-23-12-10-19(11-13-23)22(16-26)15-24(28)29/h2-14,22H,15,17H2,1H3,(H,28,29)/b27-25-. The van der Waals surface area contributed by atoms with Crippen LogP contribution in [-0.4, -0.2) is 23.9 Å². The minimum Gasteiger partial charge on any atom is -0.489 e. The highest BCUT2D eigenvalue weighted by atomic mass is 16.6. The minimum atomic E-state index is -1.00. The van der Waals surface area contributed by atoms with E-state index in [1.54, 1.807) is 24.3 Å². The number of carboxylic acids is 1. The quantitative estimate of drug-likeness (QED) is 0.403. The molecule has 0 bridgehead atoms. The number of nitriles is 1. The number of carboxylic acid groups (broad SMARTS) is 1. The number of hydrogen-bond donors (Lipinski definition) is 1. The summed E-state index contributed by atoms with van der Waals surface area (Å²) < 4.78 is 5.87. The Morgan fingerprint density at radius 1 is 1.03 bits per heavy atom. The molecular weight excluding hydrogens is 392 g/mol. The monoisotopic (exact) mass is 414 g/mol. The van der Waals surface area contributed by atoms with Crippen LogP contribution in [-0.2, 0) is 16.2 Å². The second-order valence-electron chi connectivity index (χ2n) is 6.83. The third-order valence-electron chi connectivity index (χ3n) is 4.65. The molecule has 156 valence electrons. The van der Waals surface area contributed by atoms with Crippen molar-refractivity contribution in [3.05, 3.63) is 101 Å². The summed E-state index contributed by atoms with van der Waals surface area (Å²) in [6.45, 7) is 0.346. The van der Waals surface area contributed by atoms with Crippen LogP contribution >= 0.6 is 0 Å². The molecule has 0 heterocycles. The van der Waals surface area contributed by atoms with Gasteiger partial charge in [0.25, 0.3) is 0 Å². The number of benzene rings is 3. The van der Waals surface area contributed by atoms with Crippen molar-refractivity contribution in [3.63, 3.8) is 0 Å². The van der Waals surface area contributed by atoms with Crippen molar-refractivity contribution in [2.24, 2.45) is 5.16 Å². The fraction of sp³-hybridized carbons (Fsp3) is 0.160. The van der Waals surface area contributed by atoms with Crippen molar-refractivity contribution in [2.75, 3.05) is 7.11 Å². The molecule has 0 saturated heterocycles. The van der Waals surface area contributed by atoms with Crippen molar-refractivity contribution in [2.45, 2.75) is 18.9 Å². The highest BCUT2D eigenvalue weighted by Gasteiger charge is 2.15. The molecule has 1 atom stereocenters. The van der Waals surface area contributed by atoms with Crippen LogP contribution in [0.2, 0.25) is 0 Å². The number of aliphatic carboxylic acids is 1. The van der Waals surface area contributed by atoms with Gasteiger partial charge in [-0.1, -0.05) is 65.8 Å². The summed E-state index contributed by atoms with van der Waals surface area (Å²) in [6.07, 6.45) is -0.226. The molecule has 0 aliphatic heterocycles. The van der Waals surface area contributed by atoms with Gasteiger partial charge >= 0.3 is 5.97 Å². The Labute approximate surface area is 181 Å². The normalized spacial score (nSPS) is 11.9. The molecule has 0 aromatic heterocycles. The predicted octanol–water partition coefficient (Wildman–Crippen LogP) is 4.75. The molecule has 0 aliphatic carbocycles. The van der Waals surface area contributed by atoms with Gasteiger partial charge in [-0.15, -0.1) is 0 Å². The molecule has 1 unspecified atom stereocenters. The zero-order valence-corrected chi connectivity index (χ0v) is 17.1. The van der Waals surface area contributed by atoms with Gasteiger partial charge in [-0.05, 0) is 29.3 Å². The van der Waals surface area contributed by atoms with Crippen LogP contribution in [0.25, 0.3) is 0 Å². The molecule has 3 aromatic rings. The highest BCUT2D eigenvalue weighted by molar-refractivity contribution is 6.12. The number of ether oxygens (including phenoxy) is 1. The van der Waals surface area contributed by atoms with E-state index < -0.39 is 11.9 Å². The van der Waals surface area contributed by atoms with Gasteiger partial charge in [-0.3, -0.25) is 4.79 Å². The topological polar surface area (TPSA) is 91.9 Å². The first-order chi connectivity index (χ1) is 15.1. The maximum absolute atomic E-state index is 10.9. The maximum Gasteiger partial charge on any atom is 0.305 e. The van der Waals surface area contributed by atoms with Crippen LogP contribution in [0.15, 0.2) is 84.0 Å². The second-order valence-corrected chi connectivity index (χ2v) is 6.83. The Hall–Kier alpha value is -4.11. The van der Waals surface area contributed by atoms with Crippen molar-refractivity contribution in [3.8, 4) is 11.8 Å². The lowest BCUT2D eigenvalue weighted by Crippen LogP contribution is -2.06. The number of oxime groups is 1. The average Bonchev–Trinajstić information content (AvgIpc) is 2.80. The zero-order valence-electron chi connectivity index (χ0n) is 17.1. The van der Waals surface area contributed by atoms with Crippen LogP contribution in [0.3, 0.4) is 0 Å². The summed E-state index contributed by atoms with van der Waals surface area (Å²) in [4.78, 5) is 15.9. The van der Waals surface area contributed by atoms with Crippen molar-refractivity contribution in [1.29, 1.82) is 5.26 Å². The third-order valence-corrected chi connectivity index (χ3v) is 4.65. The van der Waals surface area contributed by atoms with Crippen LogP contribution < -0.4 is 4.74 Å². The molecule has 3 aromatic carbocycles. The van der Waals surface area contributed by atoms with E-state index in [0.717, 1.165) is 22.4 Å². The molecule has 0 radical (unpaired) electrons. The van der Waals surface area contributed by atoms with Crippen molar-refractivity contribution >= 4 is 11.7 Å². The highest BCUT2D eigenvalue weighted by Crippen LogP contribution is 2.23. The molecule has 0 saturated carbocycles. The van der Waals surface area contributed by atoms with E-state index in [1.165, 1.54) is 7.11 Å². The van der Waals surface area contributed by atoms with Gasteiger partial charge in [-0.25, -0.2) is 0 Å². The van der Waals surface area contributed by atoms with Gasteiger partial charge < -0.3 is 14.7 Å². The van der Waals surface area contributed by atoms with Gasteiger partial charge in [-0.2, -0.15) is 5.26 Å². The summed E-state index contributed by atoms with van der Waals surface area (Å²) in [5.41, 5.74) is 4.21. The lowest BCUT2D eigenvalue weighted by molar-refractivity contribution is -0.137. The Bertz CT molecular complexity index is 1090. The smallest absolute Gasteiger partial charge is 0.305 e. The zero-order chi connectivity index (χ0) is 22.1. The number of nitrogens with zero attached hydrogens (tertiary/aromatic N) is 2. The summed E-state index contributed by atoms with van der Waals surface area (Å²) in [6, 6.07) is 26.6. The Morgan fingerprint density at radius 3 is 2.39 bits per heavy atom. The van der Waals surface area contributed by atoms with Gasteiger partial charge in [0.2, 0.25) is 0 Å². The molecular formula is C25H22N2O4. The summed E-state index contributed by atoms with van der Waals surface area (Å²) >= 11 is 0. The molecule has 0 fully saturated rings. The molecule has 1 N–H and O–H groups in total. The Kier molecular flexibility index (Phi) is 7.39. The largest absolute Gasteiger partial charge is 0.489 e. The molecule has 6 heteroatoms. The van der Waals surface area contributed by atoms with E-state index in [1.807, 2.05) is 60.7 Å². The lowest BCUT2D eigenvalue weighted by Gasteiger charge is -2.11. The molecule has 0 amide bonds.